The number of nitrogens with one attached hydrogen (secondary N) is 1. The van der Waals surface area contributed by atoms with E-state index >= 15 is 0 Å². The highest BCUT2D eigenvalue weighted by molar-refractivity contribution is 7.91. The molecule has 21 heavy (non-hydrogen) atoms. The summed E-state index contributed by atoms with van der Waals surface area (Å²) in [6.07, 6.45) is 0.855. The Kier molecular flexibility index (Phi) is 5.95. The second-order valence-electron chi connectivity index (χ2n) is 4.58. The quantitative estimate of drug-likeness (QED) is 0.801. The minimum atomic E-state index is -3.39. The van der Waals surface area contributed by atoms with Gasteiger partial charge in [-0.2, -0.15) is 4.31 Å². The molecular formula is C14H20N2O2S3. The van der Waals surface area contributed by atoms with Gasteiger partial charge in [0.1, 0.15) is 4.21 Å². The molecule has 0 aliphatic carbocycles. The highest BCUT2D eigenvalue weighted by Crippen LogP contribution is 2.26. The summed E-state index contributed by atoms with van der Waals surface area (Å²) in [5.74, 6) is 0. The molecular weight excluding hydrogens is 324 g/mol. The van der Waals surface area contributed by atoms with Crippen LogP contribution in [0.25, 0.3) is 0 Å². The van der Waals surface area contributed by atoms with Crippen LogP contribution in [0.3, 0.4) is 0 Å². The first kappa shape index (κ1) is 16.6. The van der Waals surface area contributed by atoms with Crippen molar-refractivity contribution in [1.82, 2.24) is 9.62 Å². The Bertz CT molecular complexity index is 648. The summed E-state index contributed by atoms with van der Waals surface area (Å²) in [4.78, 5) is 2.16. The van der Waals surface area contributed by atoms with Gasteiger partial charge in [-0.1, -0.05) is 13.0 Å². The highest BCUT2D eigenvalue weighted by Gasteiger charge is 2.25. The third-order valence-corrected chi connectivity index (χ3v) is 7.51. The van der Waals surface area contributed by atoms with E-state index in [0.29, 0.717) is 17.3 Å². The second kappa shape index (κ2) is 7.51. The zero-order valence-corrected chi connectivity index (χ0v) is 14.7. The first-order chi connectivity index (χ1) is 10.1. The van der Waals surface area contributed by atoms with E-state index in [1.807, 2.05) is 37.6 Å². The fraction of sp³-hybridized carbons (Fsp3) is 0.429. The van der Waals surface area contributed by atoms with Gasteiger partial charge in [-0.05, 0) is 43.6 Å². The normalized spacial score (nSPS) is 12.1. The van der Waals surface area contributed by atoms with E-state index in [9.17, 15) is 8.42 Å². The van der Waals surface area contributed by atoms with Crippen LogP contribution in [-0.4, -0.2) is 32.9 Å². The predicted octanol–water partition coefficient (Wildman–Crippen LogP) is 2.78. The van der Waals surface area contributed by atoms with Gasteiger partial charge in [-0.15, -0.1) is 22.7 Å². The monoisotopic (exact) mass is 344 g/mol. The summed E-state index contributed by atoms with van der Waals surface area (Å²) in [7, 11) is -1.50. The highest BCUT2D eigenvalue weighted by atomic mass is 32.2. The molecule has 0 aromatic carbocycles. The average molecular weight is 345 g/mol. The standard InChI is InChI=1S/C14H20N2O2S3/c1-3-16(11-13-5-4-10-19-13)21(17,18)14-7-6-12(20-14)8-9-15-2/h4-7,10,15H,3,8-9,11H2,1-2H3. The van der Waals surface area contributed by atoms with Crippen LogP contribution in [0.2, 0.25) is 0 Å². The van der Waals surface area contributed by atoms with Gasteiger partial charge in [0.25, 0.3) is 10.0 Å². The lowest BCUT2D eigenvalue weighted by atomic mass is 10.3. The molecule has 0 bridgehead atoms. The molecule has 2 heterocycles. The van der Waals surface area contributed by atoms with Crippen molar-refractivity contribution in [1.29, 1.82) is 0 Å². The first-order valence-corrected chi connectivity index (χ1v) is 9.97. The van der Waals surface area contributed by atoms with Crippen LogP contribution in [0.1, 0.15) is 16.7 Å². The van der Waals surface area contributed by atoms with Gasteiger partial charge in [0.2, 0.25) is 0 Å². The number of rotatable bonds is 8. The minimum absolute atomic E-state index is 0.437. The molecule has 0 saturated heterocycles. The lowest BCUT2D eigenvalue weighted by Gasteiger charge is -2.18. The molecule has 2 rings (SSSR count). The van der Waals surface area contributed by atoms with Crippen molar-refractivity contribution in [3.05, 3.63) is 39.4 Å². The Morgan fingerprint density at radius 3 is 2.67 bits per heavy atom. The smallest absolute Gasteiger partial charge is 0.252 e. The van der Waals surface area contributed by atoms with E-state index in [0.717, 1.165) is 22.7 Å². The fourth-order valence-corrected chi connectivity index (χ4v) is 5.69. The average Bonchev–Trinajstić information content (AvgIpc) is 3.13. The maximum atomic E-state index is 12.7. The maximum absolute atomic E-state index is 12.7. The van der Waals surface area contributed by atoms with Crippen LogP contribution in [0.4, 0.5) is 0 Å². The predicted molar refractivity (Wildman–Crippen MR) is 89.5 cm³/mol. The number of hydrogen-bond acceptors (Lipinski definition) is 5. The Morgan fingerprint density at radius 1 is 1.24 bits per heavy atom. The number of likely N-dealkylation sites (N-methyl/N-ethyl adjacent to an activating group) is 1. The van der Waals surface area contributed by atoms with Gasteiger partial charge in [0, 0.05) is 22.8 Å². The van der Waals surface area contributed by atoms with Crippen molar-refractivity contribution >= 4 is 32.7 Å². The molecule has 0 fully saturated rings. The Labute approximate surface area is 134 Å². The summed E-state index contributed by atoms with van der Waals surface area (Å²) >= 11 is 2.95. The van der Waals surface area contributed by atoms with Crippen molar-refractivity contribution in [2.24, 2.45) is 0 Å². The van der Waals surface area contributed by atoms with E-state index in [1.165, 1.54) is 15.6 Å². The van der Waals surface area contributed by atoms with Crippen molar-refractivity contribution < 1.29 is 8.42 Å². The zero-order chi connectivity index (χ0) is 15.3. The molecule has 0 aliphatic rings. The number of sulfonamides is 1. The molecule has 0 spiro atoms. The second-order valence-corrected chi connectivity index (χ2v) is 8.95. The zero-order valence-electron chi connectivity index (χ0n) is 12.2. The van der Waals surface area contributed by atoms with E-state index in [-0.39, 0.29) is 0 Å². The lowest BCUT2D eigenvalue weighted by molar-refractivity contribution is 0.428. The molecule has 0 unspecified atom stereocenters. The molecule has 1 N–H and O–H groups in total. The van der Waals surface area contributed by atoms with Gasteiger partial charge in [-0.3, -0.25) is 0 Å². The van der Waals surface area contributed by atoms with Crippen molar-refractivity contribution in [3.63, 3.8) is 0 Å². The molecule has 0 radical (unpaired) electrons. The summed E-state index contributed by atoms with van der Waals surface area (Å²) in [5, 5.41) is 5.05. The van der Waals surface area contributed by atoms with Crippen LogP contribution in [0.15, 0.2) is 33.9 Å². The van der Waals surface area contributed by atoms with Crippen LogP contribution < -0.4 is 5.32 Å². The molecule has 0 amide bonds. The molecule has 7 heteroatoms. The summed E-state index contributed by atoms with van der Waals surface area (Å²) < 4.78 is 27.4. The van der Waals surface area contributed by atoms with E-state index in [2.05, 4.69) is 5.32 Å². The SMILES string of the molecule is CCN(Cc1cccs1)S(=O)(=O)c1ccc(CCNC)s1. The first-order valence-electron chi connectivity index (χ1n) is 6.83. The molecule has 0 saturated carbocycles. The molecule has 2 aromatic rings. The Hall–Kier alpha value is -0.730. The van der Waals surface area contributed by atoms with Crippen LogP contribution >= 0.6 is 22.7 Å². The molecule has 4 nitrogen and oxygen atoms in total. The lowest BCUT2D eigenvalue weighted by Crippen LogP contribution is -2.29. The van der Waals surface area contributed by atoms with Gasteiger partial charge in [-0.25, -0.2) is 8.42 Å². The van der Waals surface area contributed by atoms with Crippen molar-refractivity contribution in [2.75, 3.05) is 20.1 Å². The number of nitrogens with zero attached hydrogens (tertiary/aromatic N) is 1. The van der Waals surface area contributed by atoms with Crippen molar-refractivity contribution in [2.45, 2.75) is 24.1 Å². The van der Waals surface area contributed by atoms with E-state index in [1.54, 1.807) is 17.4 Å². The summed E-state index contributed by atoms with van der Waals surface area (Å²) in [6, 6.07) is 7.55. The third-order valence-electron chi connectivity index (χ3n) is 3.12. The van der Waals surface area contributed by atoms with Crippen LogP contribution in [0, 0.1) is 0 Å². The van der Waals surface area contributed by atoms with Crippen LogP contribution in [0.5, 0.6) is 0 Å². The summed E-state index contributed by atoms with van der Waals surface area (Å²) in [5.41, 5.74) is 0. The van der Waals surface area contributed by atoms with E-state index < -0.39 is 10.0 Å². The van der Waals surface area contributed by atoms with E-state index in [4.69, 9.17) is 0 Å². The van der Waals surface area contributed by atoms with Gasteiger partial charge in [0.15, 0.2) is 0 Å². The minimum Gasteiger partial charge on any atom is -0.319 e. The van der Waals surface area contributed by atoms with Crippen LogP contribution in [-0.2, 0) is 23.0 Å². The number of hydrogen-bond donors (Lipinski definition) is 1. The molecule has 0 aliphatic heterocycles. The number of thiophene rings is 2. The topological polar surface area (TPSA) is 49.4 Å². The Balaban J connectivity index is 2.16. The van der Waals surface area contributed by atoms with Gasteiger partial charge >= 0.3 is 0 Å². The fourth-order valence-electron chi connectivity index (χ4n) is 1.95. The Morgan fingerprint density at radius 2 is 2.05 bits per heavy atom. The molecule has 0 atom stereocenters. The van der Waals surface area contributed by atoms with Gasteiger partial charge in [0.05, 0.1) is 0 Å². The third kappa shape index (κ3) is 4.14. The largest absolute Gasteiger partial charge is 0.319 e. The van der Waals surface area contributed by atoms with Gasteiger partial charge < -0.3 is 5.32 Å². The summed E-state index contributed by atoms with van der Waals surface area (Å²) in [6.45, 7) is 3.65. The van der Waals surface area contributed by atoms with Crippen molar-refractivity contribution in [3.8, 4) is 0 Å². The molecule has 2 aromatic heterocycles. The molecule has 116 valence electrons. The maximum Gasteiger partial charge on any atom is 0.252 e.